The van der Waals surface area contributed by atoms with Crippen LogP contribution in [0.1, 0.15) is 35.7 Å². The summed E-state index contributed by atoms with van der Waals surface area (Å²) in [5.41, 5.74) is 5.65. The van der Waals surface area contributed by atoms with Crippen LogP contribution in [0.15, 0.2) is 4.79 Å². The zero-order valence-electron chi connectivity index (χ0n) is 11.9. The van der Waals surface area contributed by atoms with Crippen LogP contribution in [-0.4, -0.2) is 45.3 Å². The molecule has 1 aromatic rings. The molecule has 22 heavy (non-hydrogen) atoms. The van der Waals surface area contributed by atoms with E-state index < -0.39 is 41.6 Å². The third kappa shape index (κ3) is 2.42. The van der Waals surface area contributed by atoms with Gasteiger partial charge in [-0.2, -0.15) is 0 Å². The quantitative estimate of drug-likeness (QED) is 0.465. The number of aliphatic hydroxyl groups is 2. The van der Waals surface area contributed by atoms with Crippen LogP contribution in [0.25, 0.3) is 0 Å². The molecule has 1 amide bonds. The van der Waals surface area contributed by atoms with Crippen LogP contribution in [-0.2, 0) is 4.74 Å². The van der Waals surface area contributed by atoms with Crippen molar-refractivity contribution in [3.05, 3.63) is 14.5 Å². The highest BCUT2D eigenvalue weighted by atomic mass is 32.1. The molecule has 122 valence electrons. The maximum atomic E-state index is 12.2. The minimum atomic E-state index is -0.954. The maximum absolute atomic E-state index is 12.2. The third-order valence-corrected chi connectivity index (χ3v) is 4.80. The van der Waals surface area contributed by atoms with Gasteiger partial charge in [-0.05, 0) is 6.42 Å². The molecule has 1 saturated heterocycles. The minimum Gasteiger partial charge on any atom is -0.390 e. The lowest BCUT2D eigenvalue weighted by Crippen LogP contribution is -2.51. The van der Waals surface area contributed by atoms with E-state index in [4.69, 9.17) is 10.5 Å². The van der Waals surface area contributed by atoms with Crippen LogP contribution in [0, 0.1) is 0 Å². The lowest BCUT2D eigenvalue weighted by Gasteiger charge is -2.26. The summed E-state index contributed by atoms with van der Waals surface area (Å²) in [4.78, 5) is 23.8. The predicted molar refractivity (Wildman–Crippen MR) is 78.5 cm³/mol. The molecule has 10 heteroatoms. The number of carbonyl (C=O) groups is 1. The van der Waals surface area contributed by atoms with Crippen molar-refractivity contribution in [1.82, 2.24) is 9.88 Å². The number of thiazole rings is 1. The van der Waals surface area contributed by atoms with Gasteiger partial charge in [0.1, 0.15) is 16.8 Å². The molecule has 1 aromatic heterocycles. The van der Waals surface area contributed by atoms with Gasteiger partial charge in [0, 0.05) is 6.42 Å². The van der Waals surface area contributed by atoms with Gasteiger partial charge in [0.05, 0.1) is 12.2 Å². The molecule has 2 aliphatic heterocycles. The number of aromatic nitrogens is 1. The Bertz CT molecular complexity index is 644. The molecule has 0 spiro atoms. The van der Waals surface area contributed by atoms with Crippen LogP contribution >= 0.6 is 11.3 Å². The topological polar surface area (TPSA) is 139 Å². The van der Waals surface area contributed by atoms with E-state index in [1.807, 2.05) is 0 Å². The SMILES string of the molecule is CC[C@H](O)[C@@H]1C[C@@H](O)[C@H](n2c3c(sc2=O)C(=O)NC(N)N3)O1. The first kappa shape index (κ1) is 15.4. The molecular formula is C12H18N4O5S. The second-order valence-corrected chi connectivity index (χ2v) is 6.32. The molecule has 0 saturated carbocycles. The van der Waals surface area contributed by atoms with Crippen molar-refractivity contribution >= 4 is 23.1 Å². The summed E-state index contributed by atoms with van der Waals surface area (Å²) in [6.45, 7) is 1.80. The average Bonchev–Trinajstić information content (AvgIpc) is 2.98. The third-order valence-electron chi connectivity index (χ3n) is 3.85. The highest BCUT2D eigenvalue weighted by molar-refractivity contribution is 7.12. The Labute approximate surface area is 129 Å². The van der Waals surface area contributed by atoms with Crippen LogP contribution in [0.3, 0.4) is 0 Å². The van der Waals surface area contributed by atoms with Gasteiger partial charge in [-0.1, -0.05) is 18.3 Å². The number of nitrogens with one attached hydrogen (secondary N) is 2. The van der Waals surface area contributed by atoms with Crippen molar-refractivity contribution in [3.63, 3.8) is 0 Å². The first-order valence-electron chi connectivity index (χ1n) is 7.02. The van der Waals surface area contributed by atoms with Gasteiger partial charge in [-0.15, -0.1) is 0 Å². The van der Waals surface area contributed by atoms with Crippen LogP contribution < -0.4 is 21.2 Å². The predicted octanol–water partition coefficient (Wildman–Crippen LogP) is -1.27. The largest absolute Gasteiger partial charge is 0.390 e. The van der Waals surface area contributed by atoms with Crippen molar-refractivity contribution in [2.45, 2.75) is 50.6 Å². The zero-order chi connectivity index (χ0) is 16.0. The van der Waals surface area contributed by atoms with Crippen molar-refractivity contribution < 1.29 is 19.7 Å². The van der Waals surface area contributed by atoms with E-state index in [0.717, 1.165) is 11.3 Å². The number of hydrogen-bond acceptors (Lipinski definition) is 8. The number of ether oxygens (including phenoxy) is 1. The highest BCUT2D eigenvalue weighted by Crippen LogP contribution is 2.35. The fourth-order valence-electron chi connectivity index (χ4n) is 2.72. The van der Waals surface area contributed by atoms with Gasteiger partial charge in [-0.25, -0.2) is 0 Å². The monoisotopic (exact) mass is 330 g/mol. The fourth-order valence-corrected chi connectivity index (χ4v) is 3.59. The lowest BCUT2D eigenvalue weighted by molar-refractivity contribution is -0.0760. The molecule has 3 rings (SSSR count). The number of aliphatic hydroxyl groups excluding tert-OH is 2. The van der Waals surface area contributed by atoms with Gasteiger partial charge in [0.2, 0.25) is 0 Å². The maximum Gasteiger partial charge on any atom is 0.311 e. The molecule has 3 heterocycles. The van der Waals surface area contributed by atoms with Crippen LogP contribution in [0.5, 0.6) is 0 Å². The highest BCUT2D eigenvalue weighted by Gasteiger charge is 2.41. The Morgan fingerprint density at radius 2 is 2.23 bits per heavy atom. The molecule has 5 atom stereocenters. The van der Waals surface area contributed by atoms with E-state index in [-0.39, 0.29) is 17.1 Å². The van der Waals surface area contributed by atoms with Crippen molar-refractivity contribution in [2.75, 3.05) is 5.32 Å². The summed E-state index contributed by atoms with van der Waals surface area (Å²) in [6, 6.07) is 0. The smallest absolute Gasteiger partial charge is 0.311 e. The molecule has 0 radical (unpaired) electrons. The number of fused-ring (bicyclic) bond motifs is 1. The first-order valence-corrected chi connectivity index (χ1v) is 7.84. The van der Waals surface area contributed by atoms with Crippen molar-refractivity contribution in [3.8, 4) is 0 Å². The molecular weight excluding hydrogens is 312 g/mol. The van der Waals surface area contributed by atoms with Crippen LogP contribution in [0.4, 0.5) is 5.82 Å². The van der Waals surface area contributed by atoms with Gasteiger partial charge in [0.25, 0.3) is 5.91 Å². The second kappa shape index (κ2) is 5.63. The summed E-state index contributed by atoms with van der Waals surface area (Å²) in [5.74, 6) is -0.207. The number of rotatable bonds is 3. The summed E-state index contributed by atoms with van der Waals surface area (Å²) < 4.78 is 6.85. The Morgan fingerprint density at radius 3 is 2.91 bits per heavy atom. The van der Waals surface area contributed by atoms with Crippen molar-refractivity contribution in [2.24, 2.45) is 5.73 Å². The molecule has 9 nitrogen and oxygen atoms in total. The normalized spacial score (nSPS) is 32.3. The van der Waals surface area contributed by atoms with Gasteiger partial charge in [-0.3, -0.25) is 19.9 Å². The fraction of sp³-hybridized carbons (Fsp3) is 0.667. The van der Waals surface area contributed by atoms with E-state index in [9.17, 15) is 19.8 Å². The number of anilines is 1. The molecule has 1 fully saturated rings. The van der Waals surface area contributed by atoms with Gasteiger partial charge < -0.3 is 25.6 Å². The zero-order valence-corrected chi connectivity index (χ0v) is 12.7. The first-order chi connectivity index (χ1) is 10.4. The molecule has 0 aromatic carbocycles. The summed E-state index contributed by atoms with van der Waals surface area (Å²) in [5, 5.41) is 25.3. The number of nitrogens with zero attached hydrogens (tertiary/aromatic N) is 1. The standard InChI is InChI=1S/C12H18N4O5S/c1-2-4(17)6-3-5(18)10(21-6)16-8-7(22-12(16)20)9(19)15-11(13)14-8/h4-6,10-11,14,17-18H,2-3,13H2,1H3,(H,15,19)/t4-,5+,6-,10+,11?/m0/s1. The molecule has 1 unspecified atom stereocenters. The lowest BCUT2D eigenvalue weighted by atomic mass is 10.1. The minimum absolute atomic E-state index is 0.196. The number of hydrogen-bond donors (Lipinski definition) is 5. The van der Waals surface area contributed by atoms with Crippen LogP contribution in [0.2, 0.25) is 0 Å². The summed E-state index contributed by atoms with van der Waals surface area (Å²) in [7, 11) is 0. The Balaban J connectivity index is 1.96. The summed E-state index contributed by atoms with van der Waals surface area (Å²) in [6.07, 6.45) is -3.31. The summed E-state index contributed by atoms with van der Waals surface area (Å²) >= 11 is 0.755. The molecule has 0 aliphatic carbocycles. The molecule has 6 N–H and O–H groups in total. The van der Waals surface area contributed by atoms with E-state index in [0.29, 0.717) is 6.42 Å². The van der Waals surface area contributed by atoms with E-state index >= 15 is 0 Å². The van der Waals surface area contributed by atoms with Gasteiger partial charge >= 0.3 is 4.87 Å². The number of amides is 1. The number of carbonyl (C=O) groups excluding carboxylic acids is 1. The van der Waals surface area contributed by atoms with Gasteiger partial charge in [0.15, 0.2) is 12.5 Å². The Hall–Kier alpha value is -1.46. The Kier molecular flexibility index (Phi) is 3.95. The van der Waals surface area contributed by atoms with E-state index in [1.54, 1.807) is 6.92 Å². The van der Waals surface area contributed by atoms with E-state index in [2.05, 4.69) is 10.6 Å². The average molecular weight is 330 g/mol. The van der Waals surface area contributed by atoms with Crippen molar-refractivity contribution in [1.29, 1.82) is 0 Å². The van der Waals surface area contributed by atoms with E-state index in [1.165, 1.54) is 4.57 Å². The molecule has 0 bridgehead atoms. The number of nitrogens with two attached hydrogens (primary N) is 1. The molecule has 2 aliphatic rings. The Morgan fingerprint density at radius 1 is 1.50 bits per heavy atom. The second-order valence-electron chi connectivity index (χ2n) is 5.35.